The number of hydrogen-bond donors (Lipinski definition) is 1. The molecule has 0 saturated carbocycles. The number of ether oxygens (including phenoxy) is 1. The summed E-state index contributed by atoms with van der Waals surface area (Å²) in [5.74, 6) is 0.334. The molecule has 0 atom stereocenters. The van der Waals surface area contributed by atoms with Crippen LogP contribution in [0.15, 0.2) is 35.9 Å². The van der Waals surface area contributed by atoms with Crippen molar-refractivity contribution >= 4 is 29.1 Å². The highest BCUT2D eigenvalue weighted by Gasteiger charge is 2.02. The minimum Gasteiger partial charge on any atom is -0.484 e. The van der Waals surface area contributed by atoms with E-state index >= 15 is 0 Å². The second-order valence-corrected chi connectivity index (χ2v) is 4.01. The molecule has 0 bridgehead atoms. The summed E-state index contributed by atoms with van der Waals surface area (Å²) in [6.45, 7) is 3.63. The molecule has 0 saturated heterocycles. The number of benzene rings is 1. The van der Waals surface area contributed by atoms with Crippen LogP contribution in [0.2, 0.25) is 5.02 Å². The molecule has 1 amide bonds. The molecule has 5 heteroatoms. The Balaban J connectivity index is 2.31. The van der Waals surface area contributed by atoms with Gasteiger partial charge in [0, 0.05) is 10.1 Å². The van der Waals surface area contributed by atoms with E-state index in [1.165, 1.54) is 0 Å². The third kappa shape index (κ3) is 5.05. The van der Waals surface area contributed by atoms with Crippen molar-refractivity contribution in [3.63, 3.8) is 0 Å². The molecular formula is C11H11Cl2NO2. The maximum absolute atomic E-state index is 11.2. The summed E-state index contributed by atoms with van der Waals surface area (Å²) in [5, 5.41) is 3.54. The van der Waals surface area contributed by atoms with E-state index in [0.717, 1.165) is 0 Å². The van der Waals surface area contributed by atoms with Crippen LogP contribution in [-0.2, 0) is 4.79 Å². The van der Waals surface area contributed by atoms with Crippen LogP contribution < -0.4 is 10.1 Å². The van der Waals surface area contributed by atoms with Crippen molar-refractivity contribution in [1.82, 2.24) is 5.32 Å². The molecule has 0 aromatic heterocycles. The van der Waals surface area contributed by atoms with Crippen molar-refractivity contribution in [2.75, 3.05) is 13.2 Å². The number of nitrogens with one attached hydrogen (secondary N) is 1. The Morgan fingerprint density at radius 1 is 1.38 bits per heavy atom. The van der Waals surface area contributed by atoms with Gasteiger partial charge in [-0.3, -0.25) is 4.79 Å². The van der Waals surface area contributed by atoms with Gasteiger partial charge in [0.1, 0.15) is 5.75 Å². The second kappa shape index (κ2) is 6.40. The van der Waals surface area contributed by atoms with Crippen LogP contribution in [0.3, 0.4) is 0 Å². The maximum Gasteiger partial charge on any atom is 0.258 e. The first kappa shape index (κ1) is 12.9. The summed E-state index contributed by atoms with van der Waals surface area (Å²) < 4.78 is 5.21. The van der Waals surface area contributed by atoms with Crippen molar-refractivity contribution in [2.45, 2.75) is 0 Å². The zero-order valence-electron chi connectivity index (χ0n) is 8.50. The van der Waals surface area contributed by atoms with Gasteiger partial charge in [0.2, 0.25) is 0 Å². The molecule has 0 fully saturated rings. The van der Waals surface area contributed by atoms with Crippen LogP contribution in [0.5, 0.6) is 5.75 Å². The first-order chi connectivity index (χ1) is 7.58. The van der Waals surface area contributed by atoms with Gasteiger partial charge in [-0.1, -0.05) is 29.8 Å². The standard InChI is InChI=1S/C11H11Cl2NO2/c1-8(12)6-14-11(15)7-16-10-4-2-9(13)3-5-10/h2-5H,1,6-7H2,(H,14,15). The molecule has 1 rings (SSSR count). The number of carbonyl (C=O) groups excluding carboxylic acids is 1. The molecule has 1 aromatic carbocycles. The highest BCUT2D eigenvalue weighted by molar-refractivity contribution is 6.30. The largest absolute Gasteiger partial charge is 0.484 e. The number of carbonyl (C=O) groups is 1. The van der Waals surface area contributed by atoms with E-state index in [2.05, 4.69) is 11.9 Å². The summed E-state index contributed by atoms with van der Waals surface area (Å²) in [6.07, 6.45) is 0. The summed E-state index contributed by atoms with van der Waals surface area (Å²) in [5.41, 5.74) is 0. The quantitative estimate of drug-likeness (QED) is 0.883. The van der Waals surface area contributed by atoms with E-state index in [1.807, 2.05) is 0 Å². The summed E-state index contributed by atoms with van der Waals surface area (Å²) >= 11 is 11.2. The Morgan fingerprint density at radius 3 is 2.56 bits per heavy atom. The third-order valence-corrected chi connectivity index (χ3v) is 2.05. The Labute approximate surface area is 104 Å². The van der Waals surface area contributed by atoms with Crippen molar-refractivity contribution < 1.29 is 9.53 Å². The molecule has 16 heavy (non-hydrogen) atoms. The molecular weight excluding hydrogens is 249 g/mol. The van der Waals surface area contributed by atoms with Crippen LogP contribution in [0.25, 0.3) is 0 Å². The van der Waals surface area contributed by atoms with Crippen molar-refractivity contribution in [3.05, 3.63) is 40.9 Å². The minimum atomic E-state index is -0.253. The minimum absolute atomic E-state index is 0.0637. The zero-order valence-corrected chi connectivity index (χ0v) is 10.0. The van der Waals surface area contributed by atoms with Crippen LogP contribution in [0, 0.1) is 0 Å². The van der Waals surface area contributed by atoms with E-state index in [-0.39, 0.29) is 19.1 Å². The molecule has 1 N–H and O–H groups in total. The van der Waals surface area contributed by atoms with Gasteiger partial charge in [0.05, 0.1) is 6.54 Å². The van der Waals surface area contributed by atoms with Crippen molar-refractivity contribution in [3.8, 4) is 5.75 Å². The lowest BCUT2D eigenvalue weighted by molar-refractivity contribution is -0.122. The molecule has 0 aliphatic rings. The molecule has 0 heterocycles. The van der Waals surface area contributed by atoms with Crippen molar-refractivity contribution in [2.24, 2.45) is 0 Å². The number of hydrogen-bond acceptors (Lipinski definition) is 2. The number of rotatable bonds is 5. The van der Waals surface area contributed by atoms with E-state index in [0.29, 0.717) is 15.8 Å². The van der Waals surface area contributed by atoms with Crippen LogP contribution in [0.4, 0.5) is 0 Å². The lowest BCUT2D eigenvalue weighted by atomic mass is 10.3. The smallest absolute Gasteiger partial charge is 0.258 e. The predicted octanol–water partition coefficient (Wildman–Crippen LogP) is 2.59. The first-order valence-electron chi connectivity index (χ1n) is 4.56. The average molecular weight is 260 g/mol. The highest BCUT2D eigenvalue weighted by Crippen LogP contribution is 2.15. The van der Waals surface area contributed by atoms with Gasteiger partial charge in [0.15, 0.2) is 6.61 Å². The van der Waals surface area contributed by atoms with Gasteiger partial charge in [-0.15, -0.1) is 0 Å². The Morgan fingerprint density at radius 2 is 2.00 bits per heavy atom. The molecule has 86 valence electrons. The maximum atomic E-state index is 11.2. The monoisotopic (exact) mass is 259 g/mol. The van der Waals surface area contributed by atoms with Gasteiger partial charge in [-0.2, -0.15) is 0 Å². The van der Waals surface area contributed by atoms with E-state index in [4.69, 9.17) is 27.9 Å². The van der Waals surface area contributed by atoms with Crippen LogP contribution >= 0.6 is 23.2 Å². The molecule has 0 aliphatic carbocycles. The van der Waals surface area contributed by atoms with Gasteiger partial charge < -0.3 is 10.1 Å². The molecule has 0 radical (unpaired) electrons. The van der Waals surface area contributed by atoms with Gasteiger partial charge in [-0.25, -0.2) is 0 Å². The zero-order chi connectivity index (χ0) is 12.0. The molecule has 1 aromatic rings. The van der Waals surface area contributed by atoms with Gasteiger partial charge in [0.25, 0.3) is 5.91 Å². The summed E-state index contributed by atoms with van der Waals surface area (Å²) in [7, 11) is 0. The Hall–Kier alpha value is -1.19. The Kier molecular flexibility index (Phi) is 5.15. The van der Waals surface area contributed by atoms with Crippen LogP contribution in [0.1, 0.15) is 0 Å². The number of halogens is 2. The summed E-state index contributed by atoms with van der Waals surface area (Å²) in [4.78, 5) is 11.2. The van der Waals surface area contributed by atoms with E-state index < -0.39 is 0 Å². The molecule has 3 nitrogen and oxygen atoms in total. The molecule has 0 aliphatic heterocycles. The van der Waals surface area contributed by atoms with Crippen LogP contribution in [-0.4, -0.2) is 19.1 Å². The molecule has 0 unspecified atom stereocenters. The lowest BCUT2D eigenvalue weighted by Gasteiger charge is -2.06. The average Bonchev–Trinajstić information content (AvgIpc) is 2.25. The van der Waals surface area contributed by atoms with E-state index in [9.17, 15) is 4.79 Å². The van der Waals surface area contributed by atoms with Gasteiger partial charge >= 0.3 is 0 Å². The lowest BCUT2D eigenvalue weighted by Crippen LogP contribution is -2.29. The topological polar surface area (TPSA) is 38.3 Å². The second-order valence-electron chi connectivity index (χ2n) is 3.04. The SMILES string of the molecule is C=C(Cl)CNC(=O)COc1ccc(Cl)cc1. The normalized spacial score (nSPS) is 9.62. The fourth-order valence-corrected chi connectivity index (χ4v) is 1.12. The number of amides is 1. The Bertz CT molecular complexity index is 376. The van der Waals surface area contributed by atoms with E-state index in [1.54, 1.807) is 24.3 Å². The summed E-state index contributed by atoms with van der Waals surface area (Å²) in [6, 6.07) is 6.76. The van der Waals surface area contributed by atoms with Crippen molar-refractivity contribution in [1.29, 1.82) is 0 Å². The molecule has 0 spiro atoms. The third-order valence-electron chi connectivity index (χ3n) is 1.66. The highest BCUT2D eigenvalue weighted by atomic mass is 35.5. The predicted molar refractivity (Wildman–Crippen MR) is 64.9 cm³/mol. The fourth-order valence-electron chi connectivity index (χ4n) is 0.925. The fraction of sp³-hybridized carbons (Fsp3) is 0.182. The van der Waals surface area contributed by atoms with Gasteiger partial charge in [-0.05, 0) is 24.3 Å². The first-order valence-corrected chi connectivity index (χ1v) is 5.32.